The van der Waals surface area contributed by atoms with Crippen molar-refractivity contribution in [2.75, 3.05) is 13.2 Å². The van der Waals surface area contributed by atoms with Gasteiger partial charge in [0.1, 0.15) is 0 Å². The van der Waals surface area contributed by atoms with E-state index in [0.29, 0.717) is 0 Å². The van der Waals surface area contributed by atoms with Gasteiger partial charge in [-0.15, -0.1) is 0 Å². The van der Waals surface area contributed by atoms with Gasteiger partial charge >= 0.3 is 9.28 Å². The van der Waals surface area contributed by atoms with E-state index in [0.717, 1.165) is 13.2 Å². The highest BCUT2D eigenvalue weighted by Gasteiger charge is 2.19. The molecule has 0 aliphatic carbocycles. The summed E-state index contributed by atoms with van der Waals surface area (Å²) in [5, 5.41) is 0. The van der Waals surface area contributed by atoms with Crippen LogP contribution in [0.5, 0.6) is 0 Å². The molecule has 0 saturated heterocycles. The standard InChI is InChI=1S/C9H24O2Si2/c1-6-10-12(11-7-2)8-9-13(3,4)5/h12H,6-9H2,1-5H3. The zero-order valence-electron chi connectivity index (χ0n) is 9.72. The van der Waals surface area contributed by atoms with Gasteiger partial charge in [0.15, 0.2) is 0 Å². The molecule has 0 N–H and O–H groups in total. The first-order chi connectivity index (χ1) is 5.99. The Labute approximate surface area is 85.5 Å². The van der Waals surface area contributed by atoms with E-state index in [1.165, 1.54) is 12.1 Å². The molecule has 0 aromatic heterocycles. The largest absolute Gasteiger partial charge is 0.397 e. The monoisotopic (exact) mass is 220 g/mol. The fraction of sp³-hybridized carbons (Fsp3) is 1.00. The lowest BCUT2D eigenvalue weighted by molar-refractivity contribution is 0.214. The summed E-state index contributed by atoms with van der Waals surface area (Å²) < 4.78 is 11.2. The van der Waals surface area contributed by atoms with E-state index in [4.69, 9.17) is 8.85 Å². The van der Waals surface area contributed by atoms with Gasteiger partial charge in [0.2, 0.25) is 0 Å². The summed E-state index contributed by atoms with van der Waals surface area (Å²) in [6.07, 6.45) is 0. The van der Waals surface area contributed by atoms with Crippen LogP contribution in [0.2, 0.25) is 31.7 Å². The second kappa shape index (κ2) is 6.76. The molecule has 0 amide bonds. The maximum Gasteiger partial charge on any atom is 0.321 e. The fourth-order valence-corrected chi connectivity index (χ4v) is 6.72. The van der Waals surface area contributed by atoms with Gasteiger partial charge in [-0.25, -0.2) is 0 Å². The van der Waals surface area contributed by atoms with Crippen LogP contribution in [0.4, 0.5) is 0 Å². The quantitative estimate of drug-likeness (QED) is 0.614. The molecule has 0 aliphatic rings. The summed E-state index contributed by atoms with van der Waals surface area (Å²) >= 11 is 0. The molecule has 0 rings (SSSR count). The minimum Gasteiger partial charge on any atom is -0.397 e. The lowest BCUT2D eigenvalue weighted by Gasteiger charge is -2.20. The number of rotatable bonds is 7. The summed E-state index contributed by atoms with van der Waals surface area (Å²) in [6.45, 7) is 12.9. The smallest absolute Gasteiger partial charge is 0.321 e. The average Bonchev–Trinajstić information content (AvgIpc) is 2.00. The van der Waals surface area contributed by atoms with E-state index in [-0.39, 0.29) is 0 Å². The molecule has 0 bridgehead atoms. The van der Waals surface area contributed by atoms with E-state index in [1.54, 1.807) is 0 Å². The third kappa shape index (κ3) is 8.68. The Hall–Kier alpha value is 0.354. The van der Waals surface area contributed by atoms with Crippen molar-refractivity contribution in [1.29, 1.82) is 0 Å². The predicted molar refractivity (Wildman–Crippen MR) is 63.4 cm³/mol. The van der Waals surface area contributed by atoms with Crippen molar-refractivity contribution in [2.45, 2.75) is 45.6 Å². The van der Waals surface area contributed by atoms with Crippen molar-refractivity contribution in [3.8, 4) is 0 Å². The Morgan fingerprint density at radius 2 is 1.46 bits per heavy atom. The Balaban J connectivity index is 3.68. The summed E-state index contributed by atoms with van der Waals surface area (Å²) in [5.41, 5.74) is 0. The fourth-order valence-electron chi connectivity index (χ4n) is 1.14. The molecule has 0 atom stereocenters. The first-order valence-electron chi connectivity index (χ1n) is 5.22. The lowest BCUT2D eigenvalue weighted by atomic mass is 10.9. The van der Waals surface area contributed by atoms with Gasteiger partial charge < -0.3 is 8.85 Å². The van der Waals surface area contributed by atoms with Crippen LogP contribution in [0.25, 0.3) is 0 Å². The third-order valence-electron chi connectivity index (χ3n) is 1.84. The van der Waals surface area contributed by atoms with E-state index in [1.807, 2.05) is 13.8 Å². The Morgan fingerprint density at radius 1 is 1.00 bits per heavy atom. The van der Waals surface area contributed by atoms with Crippen LogP contribution in [0.1, 0.15) is 13.8 Å². The maximum atomic E-state index is 5.62. The van der Waals surface area contributed by atoms with E-state index in [2.05, 4.69) is 19.6 Å². The van der Waals surface area contributed by atoms with Crippen LogP contribution >= 0.6 is 0 Å². The SMILES string of the molecule is CCO[SiH](CC[Si](C)(C)C)OCC. The molecule has 0 aromatic rings. The zero-order valence-corrected chi connectivity index (χ0v) is 11.9. The predicted octanol–water partition coefficient (Wildman–Crippen LogP) is 2.62. The topological polar surface area (TPSA) is 18.5 Å². The molecular formula is C9H24O2Si2. The second-order valence-electron chi connectivity index (χ2n) is 4.44. The van der Waals surface area contributed by atoms with Crippen LogP contribution in [0, 0.1) is 0 Å². The summed E-state index contributed by atoms with van der Waals surface area (Å²) in [6, 6.07) is 2.53. The lowest BCUT2D eigenvalue weighted by Crippen LogP contribution is -2.28. The van der Waals surface area contributed by atoms with Gasteiger partial charge in [-0.3, -0.25) is 0 Å². The van der Waals surface area contributed by atoms with Crippen molar-refractivity contribution in [1.82, 2.24) is 0 Å². The highest BCUT2D eigenvalue weighted by molar-refractivity contribution is 6.77. The number of hydrogen-bond donors (Lipinski definition) is 0. The molecular weight excluding hydrogens is 196 g/mol. The first-order valence-corrected chi connectivity index (χ1v) is 10.7. The molecule has 13 heavy (non-hydrogen) atoms. The Kier molecular flexibility index (Phi) is 6.94. The molecule has 0 heterocycles. The minimum absolute atomic E-state index is 0.808. The van der Waals surface area contributed by atoms with Gasteiger partial charge in [0.05, 0.1) is 0 Å². The van der Waals surface area contributed by atoms with Crippen molar-refractivity contribution in [3.63, 3.8) is 0 Å². The Morgan fingerprint density at radius 3 is 1.77 bits per heavy atom. The summed E-state index contributed by atoms with van der Waals surface area (Å²) in [7, 11) is -2.20. The van der Waals surface area contributed by atoms with Gasteiger partial charge in [-0.1, -0.05) is 25.7 Å². The number of hydrogen-bond acceptors (Lipinski definition) is 2. The van der Waals surface area contributed by atoms with Gasteiger partial charge in [0, 0.05) is 21.3 Å². The summed E-state index contributed by atoms with van der Waals surface area (Å²) in [4.78, 5) is 0. The zero-order chi connectivity index (χ0) is 10.3. The minimum atomic E-state index is -1.30. The summed E-state index contributed by atoms with van der Waals surface area (Å²) in [5.74, 6) is 0. The molecule has 0 fully saturated rings. The first kappa shape index (κ1) is 13.4. The maximum absolute atomic E-state index is 5.62. The molecule has 0 saturated carbocycles. The van der Waals surface area contributed by atoms with Crippen LogP contribution in [-0.2, 0) is 8.85 Å². The van der Waals surface area contributed by atoms with Crippen LogP contribution in [0.3, 0.4) is 0 Å². The van der Waals surface area contributed by atoms with Crippen molar-refractivity contribution in [3.05, 3.63) is 0 Å². The highest BCUT2D eigenvalue weighted by Crippen LogP contribution is 2.14. The molecule has 0 spiro atoms. The third-order valence-corrected chi connectivity index (χ3v) is 6.37. The Bertz CT molecular complexity index is 117. The molecule has 0 aromatic carbocycles. The van der Waals surface area contributed by atoms with Crippen molar-refractivity contribution < 1.29 is 8.85 Å². The van der Waals surface area contributed by atoms with Gasteiger partial charge in [-0.05, 0) is 19.9 Å². The van der Waals surface area contributed by atoms with Crippen LogP contribution in [0.15, 0.2) is 0 Å². The molecule has 2 nitrogen and oxygen atoms in total. The molecule has 0 aliphatic heterocycles. The average molecular weight is 220 g/mol. The van der Waals surface area contributed by atoms with E-state index >= 15 is 0 Å². The van der Waals surface area contributed by atoms with E-state index < -0.39 is 17.4 Å². The van der Waals surface area contributed by atoms with Gasteiger partial charge in [0.25, 0.3) is 0 Å². The molecule has 0 unspecified atom stereocenters. The van der Waals surface area contributed by atoms with Gasteiger partial charge in [-0.2, -0.15) is 0 Å². The normalized spacial score (nSPS) is 12.5. The van der Waals surface area contributed by atoms with Crippen molar-refractivity contribution in [2.24, 2.45) is 0 Å². The highest BCUT2D eigenvalue weighted by atomic mass is 28.3. The second-order valence-corrected chi connectivity index (χ2v) is 12.2. The van der Waals surface area contributed by atoms with Crippen LogP contribution < -0.4 is 0 Å². The molecule has 0 radical (unpaired) electrons. The van der Waals surface area contributed by atoms with E-state index in [9.17, 15) is 0 Å². The van der Waals surface area contributed by atoms with Crippen molar-refractivity contribution >= 4 is 17.4 Å². The van der Waals surface area contributed by atoms with Crippen LogP contribution in [-0.4, -0.2) is 30.6 Å². The molecule has 80 valence electrons. The molecule has 4 heteroatoms.